The summed E-state index contributed by atoms with van der Waals surface area (Å²) in [5, 5.41) is 16.2. The van der Waals surface area contributed by atoms with E-state index in [1.165, 1.54) is 23.2 Å². The van der Waals surface area contributed by atoms with Crippen LogP contribution in [0, 0.1) is 0 Å². The van der Waals surface area contributed by atoms with Crippen LogP contribution in [0.15, 0.2) is 64.7 Å². The Hall–Kier alpha value is -3.86. The van der Waals surface area contributed by atoms with Gasteiger partial charge in [0, 0.05) is 18.7 Å². The molecule has 2 heterocycles. The molecule has 31 heavy (non-hydrogen) atoms. The van der Waals surface area contributed by atoms with Crippen LogP contribution < -0.4 is 10.6 Å². The number of aromatic nitrogens is 4. The van der Waals surface area contributed by atoms with Gasteiger partial charge < -0.3 is 10.6 Å². The molecule has 4 rings (SSSR count). The van der Waals surface area contributed by atoms with Crippen molar-refractivity contribution in [1.82, 2.24) is 30.8 Å². The minimum Gasteiger partial charge on any atom is -0.352 e. The minimum atomic E-state index is -3.79. The van der Waals surface area contributed by atoms with Crippen LogP contribution in [0.1, 0.15) is 22.3 Å². The fraction of sp³-hybridized carbons (Fsp3) is 0.150. The molecule has 11 heteroatoms. The first-order valence-corrected chi connectivity index (χ1v) is 10.9. The highest BCUT2D eigenvalue weighted by Crippen LogP contribution is 2.32. The molecular formula is C20H18N6O4S. The highest BCUT2D eigenvalue weighted by molar-refractivity contribution is 7.96. The molecule has 1 aliphatic heterocycles. The normalized spacial score (nSPS) is 13.9. The topological polar surface area (TPSA) is 136 Å². The summed E-state index contributed by atoms with van der Waals surface area (Å²) < 4.78 is 26.4. The van der Waals surface area contributed by atoms with Crippen LogP contribution in [-0.2, 0) is 14.6 Å². The Bertz CT molecular complexity index is 1250. The number of hydrogen-bond donors (Lipinski definition) is 2. The molecule has 0 radical (unpaired) electrons. The van der Waals surface area contributed by atoms with E-state index in [9.17, 15) is 18.0 Å². The number of amides is 2. The van der Waals surface area contributed by atoms with Gasteiger partial charge in [-0.2, -0.15) is 0 Å². The molecule has 0 unspecified atom stereocenters. The van der Waals surface area contributed by atoms with Crippen molar-refractivity contribution in [3.05, 3.63) is 70.9 Å². The van der Waals surface area contributed by atoms with Crippen molar-refractivity contribution >= 4 is 27.7 Å². The summed E-state index contributed by atoms with van der Waals surface area (Å²) in [6.07, 6.45) is 3.27. The van der Waals surface area contributed by atoms with Gasteiger partial charge in [0.1, 0.15) is 11.2 Å². The van der Waals surface area contributed by atoms with Crippen LogP contribution in [0.3, 0.4) is 0 Å². The molecule has 0 saturated carbocycles. The van der Waals surface area contributed by atoms with E-state index in [0.717, 1.165) is 5.69 Å². The average molecular weight is 438 g/mol. The van der Waals surface area contributed by atoms with Crippen LogP contribution in [-0.4, -0.2) is 53.5 Å². The third-order valence-electron chi connectivity index (χ3n) is 4.68. The molecule has 0 aliphatic carbocycles. The van der Waals surface area contributed by atoms with Gasteiger partial charge in [-0.25, -0.2) is 13.1 Å². The lowest BCUT2D eigenvalue weighted by atomic mass is 10.2. The smallest absolute Gasteiger partial charge is 0.263 e. The van der Waals surface area contributed by atoms with Gasteiger partial charge in [0.2, 0.25) is 9.84 Å². The predicted octanol–water partition coefficient (Wildman–Crippen LogP) is 0.727. The summed E-state index contributed by atoms with van der Waals surface area (Å²) in [6, 6.07) is 13.2. The van der Waals surface area contributed by atoms with E-state index >= 15 is 0 Å². The Labute approximate surface area is 177 Å². The van der Waals surface area contributed by atoms with Crippen molar-refractivity contribution in [2.75, 3.05) is 13.1 Å². The average Bonchev–Trinajstić information content (AvgIpc) is 3.40. The van der Waals surface area contributed by atoms with Gasteiger partial charge in [0.05, 0.1) is 10.6 Å². The summed E-state index contributed by atoms with van der Waals surface area (Å²) in [6.45, 7) is 0.542. The second-order valence-electron chi connectivity index (χ2n) is 6.72. The van der Waals surface area contributed by atoms with Gasteiger partial charge in [0.25, 0.3) is 11.8 Å². The maximum Gasteiger partial charge on any atom is 0.263 e. The third-order valence-corrected chi connectivity index (χ3v) is 6.51. The molecule has 0 bridgehead atoms. The molecule has 3 aromatic rings. The van der Waals surface area contributed by atoms with Gasteiger partial charge in [-0.3, -0.25) is 9.59 Å². The molecule has 2 aromatic carbocycles. The Balaban J connectivity index is 1.23. The van der Waals surface area contributed by atoms with Crippen molar-refractivity contribution < 1.29 is 18.0 Å². The number of rotatable bonds is 7. The number of carbonyl (C=O) groups is 2. The van der Waals surface area contributed by atoms with E-state index in [2.05, 4.69) is 26.2 Å². The van der Waals surface area contributed by atoms with Gasteiger partial charge in [-0.15, -0.1) is 5.10 Å². The van der Waals surface area contributed by atoms with Crippen LogP contribution in [0.25, 0.3) is 11.8 Å². The Morgan fingerprint density at radius 2 is 1.65 bits per heavy atom. The molecule has 0 spiro atoms. The maximum atomic E-state index is 12.5. The quantitative estimate of drug-likeness (QED) is 0.519. The number of sulfone groups is 1. The van der Waals surface area contributed by atoms with Gasteiger partial charge >= 0.3 is 0 Å². The van der Waals surface area contributed by atoms with E-state index < -0.39 is 15.7 Å². The lowest BCUT2D eigenvalue weighted by Gasteiger charge is -2.08. The first kappa shape index (κ1) is 20.4. The third kappa shape index (κ3) is 4.21. The molecule has 0 saturated heterocycles. The van der Waals surface area contributed by atoms with Gasteiger partial charge in [-0.05, 0) is 58.8 Å². The van der Waals surface area contributed by atoms with Crippen LogP contribution in [0.4, 0.5) is 0 Å². The second-order valence-corrected chi connectivity index (χ2v) is 8.60. The van der Waals surface area contributed by atoms with E-state index in [1.54, 1.807) is 42.5 Å². The van der Waals surface area contributed by atoms with Crippen molar-refractivity contribution in [2.45, 2.75) is 11.3 Å². The molecule has 2 N–H and O–H groups in total. The lowest BCUT2D eigenvalue weighted by Crippen LogP contribution is -2.31. The van der Waals surface area contributed by atoms with Crippen molar-refractivity contribution in [2.24, 2.45) is 0 Å². The number of carbonyl (C=O) groups excluding carboxylic acids is 2. The lowest BCUT2D eigenvalue weighted by molar-refractivity contribution is -0.116. The van der Waals surface area contributed by atoms with Crippen LogP contribution in [0.5, 0.6) is 0 Å². The largest absolute Gasteiger partial charge is 0.352 e. The SMILES string of the molecule is O=C(NCCCNC(=O)c1ccc(-n2cnnn2)cc1)C1=Cc2ccccc2S1(=O)=O. The summed E-state index contributed by atoms with van der Waals surface area (Å²) in [5.74, 6) is -0.910. The standard InChI is InChI=1S/C20H18N6O4S/c27-19(14-6-8-16(9-7-14)26-13-23-24-25-26)21-10-3-11-22-20(28)18-12-15-4-1-2-5-17(15)31(18,29)30/h1-2,4-9,12-13H,3,10-11H2,(H,21,27)(H,22,28). The summed E-state index contributed by atoms with van der Waals surface area (Å²) in [5.41, 5.74) is 1.70. The highest BCUT2D eigenvalue weighted by Gasteiger charge is 2.33. The number of hydrogen-bond acceptors (Lipinski definition) is 7. The number of tetrazole rings is 1. The van der Waals surface area contributed by atoms with Crippen molar-refractivity contribution in [3.63, 3.8) is 0 Å². The van der Waals surface area contributed by atoms with Gasteiger partial charge in [-0.1, -0.05) is 18.2 Å². The molecule has 158 valence electrons. The molecule has 0 fully saturated rings. The predicted molar refractivity (Wildman–Crippen MR) is 111 cm³/mol. The Kier molecular flexibility index (Phi) is 5.58. The zero-order chi connectivity index (χ0) is 21.8. The zero-order valence-electron chi connectivity index (χ0n) is 16.2. The molecule has 10 nitrogen and oxygen atoms in total. The van der Waals surface area contributed by atoms with Gasteiger partial charge in [0.15, 0.2) is 0 Å². The van der Waals surface area contributed by atoms with Crippen LogP contribution in [0.2, 0.25) is 0 Å². The summed E-state index contributed by atoms with van der Waals surface area (Å²) >= 11 is 0. The number of fused-ring (bicyclic) bond motifs is 1. The Morgan fingerprint density at radius 3 is 2.32 bits per heavy atom. The maximum absolute atomic E-state index is 12.5. The second kappa shape index (κ2) is 8.48. The number of nitrogens with one attached hydrogen (secondary N) is 2. The monoisotopic (exact) mass is 438 g/mol. The number of nitrogens with zero attached hydrogens (tertiary/aromatic N) is 4. The van der Waals surface area contributed by atoms with Crippen molar-refractivity contribution in [3.8, 4) is 5.69 Å². The van der Waals surface area contributed by atoms with Crippen LogP contribution >= 0.6 is 0 Å². The summed E-state index contributed by atoms with van der Waals surface area (Å²) in [7, 11) is -3.79. The molecular weight excluding hydrogens is 420 g/mol. The fourth-order valence-corrected chi connectivity index (χ4v) is 4.63. The molecule has 1 aromatic heterocycles. The fourth-order valence-electron chi connectivity index (χ4n) is 3.10. The first-order valence-electron chi connectivity index (χ1n) is 9.42. The number of benzene rings is 2. The minimum absolute atomic E-state index is 0.138. The van der Waals surface area contributed by atoms with Crippen molar-refractivity contribution in [1.29, 1.82) is 0 Å². The first-order chi connectivity index (χ1) is 15.0. The Morgan fingerprint density at radius 1 is 0.935 bits per heavy atom. The summed E-state index contributed by atoms with van der Waals surface area (Å²) in [4.78, 5) is 24.4. The van der Waals surface area contributed by atoms with E-state index in [-0.39, 0.29) is 22.3 Å². The molecule has 0 atom stereocenters. The molecule has 1 aliphatic rings. The van der Waals surface area contributed by atoms with E-state index in [0.29, 0.717) is 24.1 Å². The molecule has 2 amide bonds. The zero-order valence-corrected chi connectivity index (χ0v) is 17.0. The van der Waals surface area contributed by atoms with E-state index in [1.807, 2.05) is 0 Å². The highest BCUT2D eigenvalue weighted by atomic mass is 32.2. The van der Waals surface area contributed by atoms with E-state index in [4.69, 9.17) is 0 Å².